The Hall–Kier alpha value is -0.130. The highest BCUT2D eigenvalue weighted by Crippen LogP contribution is 2.49. The van der Waals surface area contributed by atoms with E-state index in [0.717, 1.165) is 24.6 Å². The lowest BCUT2D eigenvalue weighted by atomic mass is 9.62. The maximum absolute atomic E-state index is 11.6. The van der Waals surface area contributed by atoms with E-state index in [9.17, 15) is 5.11 Å². The van der Waals surface area contributed by atoms with Gasteiger partial charge in [-0.25, -0.2) is 0 Å². The maximum Gasteiger partial charge on any atom is 0.0977 e. The normalized spacial score (nSPS) is 36.7. The van der Waals surface area contributed by atoms with Crippen LogP contribution in [0.25, 0.3) is 0 Å². The number of aliphatic hydroxyl groups is 1. The molecule has 0 aromatic heterocycles. The highest BCUT2D eigenvalue weighted by atomic mass is 127. The average Bonchev–Trinajstić information content (AvgIpc) is 3.24. The zero-order valence-electron chi connectivity index (χ0n) is 12.5. The number of rotatable bonds is 3. The SMILES string of the molecule is OC1(c2cccc(I)c2)C2CCCC1CN(CC1CC1)C2. The summed E-state index contributed by atoms with van der Waals surface area (Å²) in [6, 6.07) is 8.55. The fraction of sp³-hybridized carbons (Fsp3) is 0.667. The van der Waals surface area contributed by atoms with Crippen LogP contribution in [0.2, 0.25) is 0 Å². The Labute approximate surface area is 141 Å². The molecule has 1 heterocycles. The van der Waals surface area contributed by atoms with Crippen LogP contribution in [0.4, 0.5) is 0 Å². The van der Waals surface area contributed by atoms with Crippen molar-refractivity contribution in [1.82, 2.24) is 4.90 Å². The topological polar surface area (TPSA) is 23.5 Å². The largest absolute Gasteiger partial charge is 0.384 e. The molecule has 1 saturated heterocycles. The van der Waals surface area contributed by atoms with Gasteiger partial charge in [-0.3, -0.25) is 0 Å². The summed E-state index contributed by atoms with van der Waals surface area (Å²) in [6.45, 7) is 3.46. The fourth-order valence-corrected chi connectivity index (χ4v) is 5.11. The average molecular weight is 397 g/mol. The van der Waals surface area contributed by atoms with Crippen molar-refractivity contribution in [3.05, 3.63) is 33.4 Å². The van der Waals surface area contributed by atoms with Gasteiger partial charge in [-0.2, -0.15) is 0 Å². The third-order valence-corrected chi connectivity index (χ3v) is 6.48. The summed E-state index contributed by atoms with van der Waals surface area (Å²) in [5.41, 5.74) is 0.578. The van der Waals surface area contributed by atoms with Gasteiger partial charge in [-0.05, 0) is 71.9 Å². The molecule has 2 saturated carbocycles. The van der Waals surface area contributed by atoms with Crippen LogP contribution in [0.1, 0.15) is 37.7 Å². The molecule has 4 rings (SSSR count). The van der Waals surface area contributed by atoms with Crippen molar-refractivity contribution in [2.45, 2.75) is 37.7 Å². The van der Waals surface area contributed by atoms with Crippen LogP contribution >= 0.6 is 22.6 Å². The lowest BCUT2D eigenvalue weighted by Crippen LogP contribution is -2.58. The van der Waals surface area contributed by atoms with Crippen molar-refractivity contribution in [1.29, 1.82) is 0 Å². The van der Waals surface area contributed by atoms with E-state index in [-0.39, 0.29) is 0 Å². The monoisotopic (exact) mass is 397 g/mol. The van der Waals surface area contributed by atoms with Crippen molar-refractivity contribution in [2.24, 2.45) is 17.8 Å². The predicted molar refractivity (Wildman–Crippen MR) is 93.1 cm³/mol. The summed E-state index contributed by atoms with van der Waals surface area (Å²) in [5.74, 6) is 1.79. The molecule has 3 aliphatic rings. The van der Waals surface area contributed by atoms with E-state index >= 15 is 0 Å². The lowest BCUT2D eigenvalue weighted by Gasteiger charge is -2.53. The van der Waals surface area contributed by atoms with Gasteiger partial charge in [-0.1, -0.05) is 18.6 Å². The van der Waals surface area contributed by atoms with Gasteiger partial charge in [0.25, 0.3) is 0 Å². The number of piperidine rings is 1. The first kappa shape index (κ1) is 14.5. The summed E-state index contributed by atoms with van der Waals surface area (Å²) >= 11 is 2.36. The Bertz CT molecular complexity index is 514. The Balaban J connectivity index is 1.62. The number of benzene rings is 1. The lowest BCUT2D eigenvalue weighted by molar-refractivity contribution is -0.147. The van der Waals surface area contributed by atoms with Gasteiger partial charge >= 0.3 is 0 Å². The van der Waals surface area contributed by atoms with Crippen LogP contribution < -0.4 is 0 Å². The molecule has 0 radical (unpaired) electrons. The first-order valence-electron chi connectivity index (χ1n) is 8.37. The number of likely N-dealkylation sites (tertiary alicyclic amines) is 1. The second-order valence-corrected chi connectivity index (χ2v) is 8.57. The highest BCUT2D eigenvalue weighted by Gasteiger charge is 2.51. The van der Waals surface area contributed by atoms with Crippen LogP contribution in [0.15, 0.2) is 24.3 Å². The molecule has 2 bridgehead atoms. The third-order valence-electron chi connectivity index (χ3n) is 5.81. The molecule has 2 aliphatic carbocycles. The van der Waals surface area contributed by atoms with Gasteiger partial charge in [0.2, 0.25) is 0 Å². The Kier molecular flexibility index (Phi) is 3.79. The molecule has 0 spiro atoms. The summed E-state index contributed by atoms with van der Waals surface area (Å²) in [6.07, 6.45) is 6.50. The number of hydrogen-bond donors (Lipinski definition) is 1. The molecular weight excluding hydrogens is 373 g/mol. The number of halogens is 1. The third kappa shape index (κ3) is 2.66. The van der Waals surface area contributed by atoms with Crippen molar-refractivity contribution in [2.75, 3.05) is 19.6 Å². The van der Waals surface area contributed by atoms with Gasteiger partial charge in [-0.15, -0.1) is 0 Å². The molecule has 1 N–H and O–H groups in total. The van der Waals surface area contributed by atoms with Crippen LogP contribution in [-0.2, 0) is 5.60 Å². The minimum absolute atomic E-state index is 0.418. The molecule has 3 heteroatoms. The molecule has 1 aliphatic heterocycles. The molecule has 2 nitrogen and oxygen atoms in total. The van der Waals surface area contributed by atoms with Gasteiger partial charge in [0, 0.05) is 35.0 Å². The van der Waals surface area contributed by atoms with Crippen molar-refractivity contribution in [3.63, 3.8) is 0 Å². The van der Waals surface area contributed by atoms with E-state index in [1.54, 1.807) is 0 Å². The predicted octanol–water partition coefficient (Wildman–Crippen LogP) is 3.62. The van der Waals surface area contributed by atoms with Crippen LogP contribution in [-0.4, -0.2) is 29.6 Å². The highest BCUT2D eigenvalue weighted by molar-refractivity contribution is 14.1. The van der Waals surface area contributed by atoms with E-state index in [2.05, 4.69) is 51.8 Å². The second-order valence-electron chi connectivity index (χ2n) is 7.32. The zero-order chi connectivity index (χ0) is 14.4. The quantitative estimate of drug-likeness (QED) is 0.788. The van der Waals surface area contributed by atoms with Crippen molar-refractivity contribution < 1.29 is 5.11 Å². The number of fused-ring (bicyclic) bond motifs is 2. The zero-order valence-corrected chi connectivity index (χ0v) is 14.6. The number of hydrogen-bond acceptors (Lipinski definition) is 2. The van der Waals surface area contributed by atoms with Crippen LogP contribution in [0.3, 0.4) is 0 Å². The minimum atomic E-state index is -0.584. The molecule has 2 atom stereocenters. The van der Waals surface area contributed by atoms with Gasteiger partial charge in [0.1, 0.15) is 0 Å². The van der Waals surface area contributed by atoms with Crippen LogP contribution in [0, 0.1) is 21.3 Å². The molecule has 3 fully saturated rings. The standard InChI is InChI=1S/C18H24INO/c19-17-6-2-3-14(9-17)18(21)15-4-1-5-16(18)12-20(11-15)10-13-7-8-13/h2-3,6,9,13,15-16,21H,1,4-5,7-8,10-12H2. The Morgan fingerprint density at radius 2 is 1.86 bits per heavy atom. The maximum atomic E-state index is 11.6. The number of nitrogens with zero attached hydrogens (tertiary/aromatic N) is 1. The Morgan fingerprint density at radius 3 is 2.48 bits per heavy atom. The van der Waals surface area contributed by atoms with E-state index in [0.29, 0.717) is 11.8 Å². The summed E-state index contributed by atoms with van der Waals surface area (Å²) in [4.78, 5) is 2.65. The molecule has 2 unspecified atom stereocenters. The van der Waals surface area contributed by atoms with E-state index in [1.165, 1.54) is 42.2 Å². The first-order chi connectivity index (χ1) is 10.2. The van der Waals surface area contributed by atoms with Crippen molar-refractivity contribution >= 4 is 22.6 Å². The molecule has 21 heavy (non-hydrogen) atoms. The second kappa shape index (κ2) is 5.50. The molecular formula is C18H24INO. The van der Waals surface area contributed by atoms with E-state index in [1.807, 2.05) is 0 Å². The minimum Gasteiger partial charge on any atom is -0.384 e. The van der Waals surface area contributed by atoms with Crippen LogP contribution in [0.5, 0.6) is 0 Å². The first-order valence-corrected chi connectivity index (χ1v) is 9.45. The summed E-state index contributed by atoms with van der Waals surface area (Å²) < 4.78 is 1.23. The molecule has 114 valence electrons. The van der Waals surface area contributed by atoms with E-state index in [4.69, 9.17) is 0 Å². The molecule has 0 amide bonds. The van der Waals surface area contributed by atoms with Gasteiger partial charge < -0.3 is 10.0 Å². The Morgan fingerprint density at radius 1 is 1.14 bits per heavy atom. The molecule has 1 aromatic carbocycles. The van der Waals surface area contributed by atoms with Crippen molar-refractivity contribution in [3.8, 4) is 0 Å². The fourth-order valence-electron chi connectivity index (χ4n) is 4.57. The molecule has 1 aromatic rings. The smallest absolute Gasteiger partial charge is 0.0977 e. The summed E-state index contributed by atoms with van der Waals surface area (Å²) in [7, 11) is 0. The van der Waals surface area contributed by atoms with E-state index < -0.39 is 5.60 Å². The summed E-state index contributed by atoms with van der Waals surface area (Å²) in [5, 5.41) is 11.6. The van der Waals surface area contributed by atoms with Gasteiger partial charge in [0.15, 0.2) is 0 Å². The van der Waals surface area contributed by atoms with Gasteiger partial charge in [0.05, 0.1) is 5.60 Å².